The van der Waals surface area contributed by atoms with Crippen LogP contribution in [0.1, 0.15) is 15.9 Å². The van der Waals surface area contributed by atoms with Gasteiger partial charge < -0.3 is 15.0 Å². The Balaban J connectivity index is 2.07. The minimum atomic E-state index is -1.07. The lowest BCUT2D eigenvalue weighted by Crippen LogP contribution is -1.96. The van der Waals surface area contributed by atoms with E-state index >= 15 is 0 Å². The molecule has 1 aromatic heterocycles. The van der Waals surface area contributed by atoms with E-state index in [4.69, 9.17) is 15.0 Å². The van der Waals surface area contributed by atoms with Crippen molar-refractivity contribution in [1.82, 2.24) is 10.1 Å². The number of carbonyl (C=O) groups is 1. The molecule has 7 heteroatoms. The van der Waals surface area contributed by atoms with Crippen molar-refractivity contribution in [1.29, 1.82) is 5.41 Å². The zero-order valence-corrected chi connectivity index (χ0v) is 11.7. The Morgan fingerprint density at radius 2 is 2.04 bits per heavy atom. The second kappa shape index (κ2) is 5.80. The van der Waals surface area contributed by atoms with Gasteiger partial charge in [-0.15, -0.1) is 0 Å². The summed E-state index contributed by atoms with van der Waals surface area (Å²) in [4.78, 5) is 15.1. The standard InChI is InChI=1S/C16H10FN3O3/c17-12-6-2-5-11(8-18)13(12)15-19-14(20-23-15)9-3-1-4-10(7-9)16(21)22/h1-8,18H,(H,21,22). The zero-order valence-electron chi connectivity index (χ0n) is 11.7. The molecule has 3 aromatic rings. The molecule has 0 fully saturated rings. The van der Waals surface area contributed by atoms with Gasteiger partial charge in [-0.2, -0.15) is 4.98 Å². The molecule has 2 N–H and O–H groups in total. The summed E-state index contributed by atoms with van der Waals surface area (Å²) in [5.41, 5.74) is 0.864. The van der Waals surface area contributed by atoms with Crippen LogP contribution in [0, 0.1) is 11.2 Å². The van der Waals surface area contributed by atoms with Crippen molar-refractivity contribution in [2.75, 3.05) is 0 Å². The fraction of sp³-hybridized carbons (Fsp3) is 0. The van der Waals surface area contributed by atoms with Gasteiger partial charge in [-0.1, -0.05) is 29.4 Å². The molecule has 0 unspecified atom stereocenters. The largest absolute Gasteiger partial charge is 0.478 e. The first kappa shape index (κ1) is 14.6. The normalized spacial score (nSPS) is 10.5. The fourth-order valence-corrected chi connectivity index (χ4v) is 2.12. The van der Waals surface area contributed by atoms with E-state index in [-0.39, 0.29) is 22.8 Å². The average Bonchev–Trinajstić information content (AvgIpc) is 3.04. The Morgan fingerprint density at radius 1 is 1.26 bits per heavy atom. The average molecular weight is 311 g/mol. The third-order valence-electron chi connectivity index (χ3n) is 3.21. The molecule has 0 aliphatic heterocycles. The SMILES string of the molecule is N=Cc1cccc(F)c1-c1nc(-c2cccc(C(=O)O)c2)no1. The van der Waals surface area contributed by atoms with Gasteiger partial charge in [-0.25, -0.2) is 9.18 Å². The lowest BCUT2D eigenvalue weighted by molar-refractivity contribution is 0.0697. The second-order valence-electron chi connectivity index (χ2n) is 4.66. The molecule has 0 radical (unpaired) electrons. The molecule has 1 heterocycles. The number of nitrogens with zero attached hydrogens (tertiary/aromatic N) is 2. The van der Waals surface area contributed by atoms with E-state index in [1.54, 1.807) is 18.2 Å². The molecule has 0 atom stereocenters. The molecule has 0 spiro atoms. The number of hydrogen-bond donors (Lipinski definition) is 2. The van der Waals surface area contributed by atoms with Gasteiger partial charge in [-0.05, 0) is 18.2 Å². The van der Waals surface area contributed by atoms with Gasteiger partial charge in [0.1, 0.15) is 5.82 Å². The van der Waals surface area contributed by atoms with Crippen LogP contribution in [0.15, 0.2) is 47.0 Å². The molecule has 0 aliphatic carbocycles. The third-order valence-corrected chi connectivity index (χ3v) is 3.21. The minimum absolute atomic E-state index is 0.0376. The van der Waals surface area contributed by atoms with Crippen molar-refractivity contribution in [3.8, 4) is 22.8 Å². The van der Waals surface area contributed by atoms with Crippen molar-refractivity contribution >= 4 is 12.2 Å². The van der Waals surface area contributed by atoms with Gasteiger partial charge in [0.05, 0.1) is 11.1 Å². The van der Waals surface area contributed by atoms with Crippen LogP contribution in [0.2, 0.25) is 0 Å². The monoisotopic (exact) mass is 311 g/mol. The van der Waals surface area contributed by atoms with Crippen LogP contribution >= 0.6 is 0 Å². The summed E-state index contributed by atoms with van der Waals surface area (Å²) < 4.78 is 19.1. The molecular formula is C16H10FN3O3. The summed E-state index contributed by atoms with van der Waals surface area (Å²) in [5, 5.41) is 20.1. The van der Waals surface area contributed by atoms with Crippen molar-refractivity contribution in [3.05, 3.63) is 59.4 Å². The van der Waals surface area contributed by atoms with Crippen molar-refractivity contribution in [3.63, 3.8) is 0 Å². The molecule has 3 rings (SSSR count). The van der Waals surface area contributed by atoms with Gasteiger partial charge in [0.25, 0.3) is 5.89 Å². The maximum atomic E-state index is 14.0. The maximum Gasteiger partial charge on any atom is 0.335 e. The van der Waals surface area contributed by atoms with Gasteiger partial charge >= 0.3 is 5.97 Å². The Hall–Kier alpha value is -3.35. The van der Waals surface area contributed by atoms with Crippen LogP contribution < -0.4 is 0 Å². The molecule has 0 aliphatic rings. The molecule has 0 bridgehead atoms. The molecular weight excluding hydrogens is 301 g/mol. The summed E-state index contributed by atoms with van der Waals surface area (Å²) in [6.45, 7) is 0. The van der Waals surface area contributed by atoms with Gasteiger partial charge in [0.15, 0.2) is 0 Å². The molecule has 114 valence electrons. The van der Waals surface area contributed by atoms with E-state index in [2.05, 4.69) is 10.1 Å². The van der Waals surface area contributed by atoms with Crippen LogP contribution in [0.3, 0.4) is 0 Å². The summed E-state index contributed by atoms with van der Waals surface area (Å²) >= 11 is 0. The lowest BCUT2D eigenvalue weighted by atomic mass is 10.1. The topological polar surface area (TPSA) is 100 Å². The summed E-state index contributed by atoms with van der Waals surface area (Å²) in [6.07, 6.45) is 0.993. The van der Waals surface area contributed by atoms with E-state index in [1.165, 1.54) is 24.3 Å². The molecule has 6 nitrogen and oxygen atoms in total. The predicted octanol–water partition coefficient (Wildman–Crippen LogP) is 3.24. The first-order chi connectivity index (χ1) is 11.1. The van der Waals surface area contributed by atoms with E-state index in [0.29, 0.717) is 11.1 Å². The molecule has 0 amide bonds. The molecule has 23 heavy (non-hydrogen) atoms. The van der Waals surface area contributed by atoms with Crippen LogP contribution in [0.5, 0.6) is 0 Å². The van der Waals surface area contributed by atoms with Gasteiger partial charge in [-0.3, -0.25) is 0 Å². The number of hydrogen-bond acceptors (Lipinski definition) is 5. The van der Waals surface area contributed by atoms with Gasteiger partial charge in [0, 0.05) is 17.3 Å². The lowest BCUT2D eigenvalue weighted by Gasteiger charge is -2.01. The third kappa shape index (κ3) is 2.71. The number of carboxylic acid groups (broad SMARTS) is 1. The molecule has 2 aromatic carbocycles. The number of aromatic carboxylic acids is 1. The van der Waals surface area contributed by atoms with Crippen LogP contribution in [-0.4, -0.2) is 27.4 Å². The summed E-state index contributed by atoms with van der Waals surface area (Å²) in [6, 6.07) is 10.3. The number of aromatic nitrogens is 2. The minimum Gasteiger partial charge on any atom is -0.478 e. The first-order valence-electron chi connectivity index (χ1n) is 6.57. The number of benzene rings is 2. The number of halogens is 1. The number of rotatable bonds is 4. The Labute approximate surface area is 129 Å². The van der Waals surface area contributed by atoms with E-state index in [1.807, 2.05) is 0 Å². The van der Waals surface area contributed by atoms with Crippen LogP contribution in [-0.2, 0) is 0 Å². The van der Waals surface area contributed by atoms with Gasteiger partial charge in [0.2, 0.25) is 5.82 Å². The Kier molecular flexibility index (Phi) is 3.68. The fourth-order valence-electron chi connectivity index (χ4n) is 2.12. The highest BCUT2D eigenvalue weighted by atomic mass is 19.1. The first-order valence-corrected chi connectivity index (χ1v) is 6.57. The Bertz CT molecular complexity index is 905. The molecule has 0 saturated heterocycles. The number of carboxylic acids is 1. The smallest absolute Gasteiger partial charge is 0.335 e. The summed E-state index contributed by atoms with van der Waals surface area (Å²) in [5.74, 6) is -1.59. The number of nitrogens with one attached hydrogen (secondary N) is 1. The second-order valence-corrected chi connectivity index (χ2v) is 4.66. The maximum absolute atomic E-state index is 14.0. The van der Waals surface area contributed by atoms with E-state index < -0.39 is 11.8 Å². The van der Waals surface area contributed by atoms with Crippen molar-refractivity contribution < 1.29 is 18.8 Å². The highest BCUT2D eigenvalue weighted by Crippen LogP contribution is 2.27. The molecule has 0 saturated carbocycles. The van der Waals surface area contributed by atoms with E-state index in [9.17, 15) is 9.18 Å². The van der Waals surface area contributed by atoms with Crippen molar-refractivity contribution in [2.24, 2.45) is 0 Å². The quantitative estimate of drug-likeness (QED) is 0.720. The summed E-state index contributed by atoms with van der Waals surface area (Å²) in [7, 11) is 0. The predicted molar refractivity (Wildman–Crippen MR) is 80.0 cm³/mol. The highest BCUT2D eigenvalue weighted by molar-refractivity contribution is 5.89. The Morgan fingerprint density at radius 3 is 2.78 bits per heavy atom. The zero-order chi connectivity index (χ0) is 16.4. The van der Waals surface area contributed by atoms with Crippen LogP contribution in [0.4, 0.5) is 4.39 Å². The van der Waals surface area contributed by atoms with Crippen LogP contribution in [0.25, 0.3) is 22.8 Å². The van der Waals surface area contributed by atoms with E-state index in [0.717, 1.165) is 6.21 Å². The highest BCUT2D eigenvalue weighted by Gasteiger charge is 2.18. The van der Waals surface area contributed by atoms with Crippen molar-refractivity contribution in [2.45, 2.75) is 0 Å².